The van der Waals surface area contributed by atoms with Gasteiger partial charge in [-0.15, -0.1) is 0 Å². The third kappa shape index (κ3) is 3.84. The molecule has 84 valence electrons. The van der Waals surface area contributed by atoms with Gasteiger partial charge in [0.1, 0.15) is 5.75 Å². The van der Waals surface area contributed by atoms with Gasteiger partial charge in [0.15, 0.2) is 0 Å². The first-order valence-electron chi connectivity index (χ1n) is 5.25. The predicted molar refractivity (Wildman–Crippen MR) is 67.3 cm³/mol. The van der Waals surface area contributed by atoms with Crippen LogP contribution in [0.5, 0.6) is 5.75 Å². The Bertz CT molecular complexity index is 314. The molecule has 0 aromatic heterocycles. The van der Waals surface area contributed by atoms with Gasteiger partial charge in [-0.05, 0) is 43.0 Å². The lowest BCUT2D eigenvalue weighted by molar-refractivity contribution is 0.414. The molecule has 0 bridgehead atoms. The second-order valence-corrected chi connectivity index (χ2v) is 4.52. The van der Waals surface area contributed by atoms with E-state index in [1.54, 1.807) is 7.11 Å². The van der Waals surface area contributed by atoms with Gasteiger partial charge in [0.25, 0.3) is 0 Å². The molecule has 1 unspecified atom stereocenters. The number of hydrogen-bond donors (Lipinski definition) is 1. The van der Waals surface area contributed by atoms with Gasteiger partial charge in [-0.1, -0.05) is 22.9 Å². The third-order valence-corrected chi connectivity index (χ3v) is 3.34. The molecule has 0 fully saturated rings. The zero-order valence-electron chi connectivity index (χ0n) is 9.29. The zero-order valence-corrected chi connectivity index (χ0v) is 10.9. The quantitative estimate of drug-likeness (QED) is 0.893. The highest BCUT2D eigenvalue weighted by atomic mass is 79.9. The van der Waals surface area contributed by atoms with Gasteiger partial charge in [-0.3, -0.25) is 0 Å². The fourth-order valence-electron chi connectivity index (χ4n) is 1.41. The van der Waals surface area contributed by atoms with Crippen molar-refractivity contribution in [3.63, 3.8) is 0 Å². The van der Waals surface area contributed by atoms with E-state index in [1.165, 1.54) is 5.56 Å². The Hall–Kier alpha value is -0.540. The summed E-state index contributed by atoms with van der Waals surface area (Å²) >= 11 is 3.54. The van der Waals surface area contributed by atoms with Gasteiger partial charge in [0.05, 0.1) is 7.11 Å². The van der Waals surface area contributed by atoms with Crippen LogP contribution in [0.4, 0.5) is 0 Å². The van der Waals surface area contributed by atoms with Crippen LogP contribution in [0.3, 0.4) is 0 Å². The van der Waals surface area contributed by atoms with E-state index < -0.39 is 0 Å². The molecule has 0 saturated heterocycles. The first-order valence-corrected chi connectivity index (χ1v) is 6.04. The maximum atomic E-state index is 5.89. The van der Waals surface area contributed by atoms with Crippen LogP contribution in [0, 0.1) is 0 Å². The summed E-state index contributed by atoms with van der Waals surface area (Å²) in [7, 11) is 1.69. The molecular formula is C12H18BrNO. The van der Waals surface area contributed by atoms with Crippen molar-refractivity contribution in [2.45, 2.75) is 32.2 Å². The van der Waals surface area contributed by atoms with Crippen molar-refractivity contribution in [3.8, 4) is 5.75 Å². The van der Waals surface area contributed by atoms with Crippen LogP contribution < -0.4 is 10.5 Å². The summed E-state index contributed by atoms with van der Waals surface area (Å²) in [6, 6.07) is 6.33. The Morgan fingerprint density at radius 2 is 2.20 bits per heavy atom. The van der Waals surface area contributed by atoms with Crippen LogP contribution in [-0.4, -0.2) is 13.2 Å². The minimum atomic E-state index is 0.295. The summed E-state index contributed by atoms with van der Waals surface area (Å²) < 4.78 is 6.32. The van der Waals surface area contributed by atoms with Crippen LogP contribution >= 0.6 is 15.9 Å². The van der Waals surface area contributed by atoms with Crippen LogP contribution in [0.2, 0.25) is 0 Å². The Labute approximate surface area is 99.9 Å². The number of rotatable bonds is 5. The minimum absolute atomic E-state index is 0.295. The highest BCUT2D eigenvalue weighted by Crippen LogP contribution is 2.23. The second-order valence-electron chi connectivity index (χ2n) is 3.66. The van der Waals surface area contributed by atoms with E-state index in [0.29, 0.717) is 6.04 Å². The van der Waals surface area contributed by atoms with Gasteiger partial charge < -0.3 is 10.5 Å². The number of hydrogen-bond acceptors (Lipinski definition) is 2. The molecule has 0 aliphatic carbocycles. The topological polar surface area (TPSA) is 35.2 Å². The standard InChI is InChI=1S/C12H18BrNO/c1-3-10(14)5-4-9-8-11(15-2)6-7-12(9)13/h6-8,10H,3-5,14H2,1-2H3. The molecule has 1 atom stereocenters. The lowest BCUT2D eigenvalue weighted by Crippen LogP contribution is -2.19. The molecule has 0 amide bonds. The van der Waals surface area contributed by atoms with E-state index in [9.17, 15) is 0 Å². The molecule has 0 saturated carbocycles. The summed E-state index contributed by atoms with van der Waals surface area (Å²) in [5.41, 5.74) is 7.16. The Morgan fingerprint density at radius 3 is 2.80 bits per heavy atom. The smallest absolute Gasteiger partial charge is 0.119 e. The van der Waals surface area contributed by atoms with E-state index in [0.717, 1.165) is 29.5 Å². The Kier molecular flexibility index (Phi) is 5.12. The molecule has 0 radical (unpaired) electrons. The lowest BCUT2D eigenvalue weighted by Gasteiger charge is -2.10. The zero-order chi connectivity index (χ0) is 11.3. The van der Waals surface area contributed by atoms with Crippen LogP contribution in [-0.2, 0) is 6.42 Å². The molecule has 0 heterocycles. The number of methoxy groups -OCH3 is 1. The average molecular weight is 272 g/mol. The van der Waals surface area contributed by atoms with Gasteiger partial charge in [0.2, 0.25) is 0 Å². The van der Waals surface area contributed by atoms with Crippen molar-refractivity contribution in [2.24, 2.45) is 5.73 Å². The molecule has 3 heteroatoms. The summed E-state index contributed by atoms with van der Waals surface area (Å²) in [4.78, 5) is 0. The normalized spacial score (nSPS) is 12.5. The van der Waals surface area contributed by atoms with E-state index in [2.05, 4.69) is 28.9 Å². The molecule has 0 aliphatic heterocycles. The highest BCUT2D eigenvalue weighted by molar-refractivity contribution is 9.10. The second kappa shape index (κ2) is 6.13. The SMILES string of the molecule is CCC(N)CCc1cc(OC)ccc1Br. The Balaban J connectivity index is 2.66. The maximum Gasteiger partial charge on any atom is 0.119 e. The first-order chi connectivity index (χ1) is 7.17. The largest absolute Gasteiger partial charge is 0.497 e. The third-order valence-electron chi connectivity index (χ3n) is 2.56. The summed E-state index contributed by atoms with van der Waals surface area (Å²) in [5, 5.41) is 0. The van der Waals surface area contributed by atoms with Crippen LogP contribution in [0.15, 0.2) is 22.7 Å². The fourth-order valence-corrected chi connectivity index (χ4v) is 1.86. The van der Waals surface area contributed by atoms with E-state index >= 15 is 0 Å². The number of benzene rings is 1. The van der Waals surface area contributed by atoms with E-state index in [-0.39, 0.29) is 0 Å². The summed E-state index contributed by atoms with van der Waals surface area (Å²) in [6.45, 7) is 2.12. The van der Waals surface area contributed by atoms with Gasteiger partial charge in [0, 0.05) is 10.5 Å². The molecule has 0 aliphatic rings. The van der Waals surface area contributed by atoms with Crippen LogP contribution in [0.1, 0.15) is 25.3 Å². The Morgan fingerprint density at radius 1 is 1.47 bits per heavy atom. The predicted octanol–water partition coefficient (Wildman–Crippen LogP) is 3.13. The average Bonchev–Trinajstić information content (AvgIpc) is 2.27. The molecule has 2 N–H and O–H groups in total. The van der Waals surface area contributed by atoms with Crippen molar-refractivity contribution >= 4 is 15.9 Å². The molecular weight excluding hydrogens is 254 g/mol. The van der Waals surface area contributed by atoms with E-state index in [4.69, 9.17) is 10.5 Å². The van der Waals surface area contributed by atoms with Crippen LogP contribution in [0.25, 0.3) is 0 Å². The van der Waals surface area contributed by atoms with Crippen molar-refractivity contribution in [1.82, 2.24) is 0 Å². The number of aryl methyl sites for hydroxylation is 1. The molecule has 1 aromatic carbocycles. The first kappa shape index (κ1) is 12.5. The molecule has 2 nitrogen and oxygen atoms in total. The van der Waals surface area contributed by atoms with Crippen molar-refractivity contribution < 1.29 is 4.74 Å². The van der Waals surface area contributed by atoms with E-state index in [1.807, 2.05) is 12.1 Å². The molecule has 15 heavy (non-hydrogen) atoms. The monoisotopic (exact) mass is 271 g/mol. The molecule has 1 rings (SSSR count). The maximum absolute atomic E-state index is 5.89. The number of ether oxygens (including phenoxy) is 1. The number of nitrogens with two attached hydrogens (primary N) is 1. The van der Waals surface area contributed by atoms with Crippen molar-refractivity contribution in [2.75, 3.05) is 7.11 Å². The minimum Gasteiger partial charge on any atom is -0.497 e. The number of halogens is 1. The van der Waals surface area contributed by atoms with Crippen molar-refractivity contribution in [3.05, 3.63) is 28.2 Å². The molecule has 0 spiro atoms. The summed E-state index contributed by atoms with van der Waals surface area (Å²) in [5.74, 6) is 0.901. The molecule has 1 aromatic rings. The summed E-state index contributed by atoms with van der Waals surface area (Å²) in [6.07, 6.45) is 3.04. The van der Waals surface area contributed by atoms with Crippen molar-refractivity contribution in [1.29, 1.82) is 0 Å². The highest BCUT2D eigenvalue weighted by Gasteiger charge is 2.05. The van der Waals surface area contributed by atoms with Gasteiger partial charge >= 0.3 is 0 Å². The van der Waals surface area contributed by atoms with Gasteiger partial charge in [-0.2, -0.15) is 0 Å². The lowest BCUT2D eigenvalue weighted by atomic mass is 10.0. The van der Waals surface area contributed by atoms with Gasteiger partial charge in [-0.25, -0.2) is 0 Å². The fraction of sp³-hybridized carbons (Fsp3) is 0.500.